The summed E-state index contributed by atoms with van der Waals surface area (Å²) in [5.74, 6) is 0.537. The van der Waals surface area contributed by atoms with Crippen LogP contribution in [-0.2, 0) is 0 Å². The second-order valence-electron chi connectivity index (χ2n) is 6.02. The van der Waals surface area contributed by atoms with Gasteiger partial charge >= 0.3 is 0 Å². The van der Waals surface area contributed by atoms with Gasteiger partial charge in [0, 0.05) is 29.8 Å². The van der Waals surface area contributed by atoms with Crippen LogP contribution in [0.15, 0.2) is 42.6 Å². The highest BCUT2D eigenvalue weighted by molar-refractivity contribution is 5.85. The molecule has 0 unspecified atom stereocenters. The number of rotatable bonds is 3. The van der Waals surface area contributed by atoms with Crippen molar-refractivity contribution in [3.63, 3.8) is 0 Å². The fourth-order valence-electron chi connectivity index (χ4n) is 3.18. The Kier molecular flexibility index (Phi) is 4.69. The van der Waals surface area contributed by atoms with E-state index in [0.717, 1.165) is 25.1 Å². The number of hydrogen-bond acceptors (Lipinski definition) is 4. The fraction of sp³-hybridized carbons (Fsp3) is 0.294. The maximum Gasteiger partial charge on any atom is 0.157 e. The molecule has 1 saturated carbocycles. The molecule has 2 heterocycles. The Balaban J connectivity index is 0.00000169. The van der Waals surface area contributed by atoms with Crippen molar-refractivity contribution in [1.29, 1.82) is 0 Å². The number of halogens is 2. The van der Waals surface area contributed by atoms with E-state index < -0.39 is 0 Å². The predicted molar refractivity (Wildman–Crippen MR) is 94.9 cm³/mol. The lowest BCUT2D eigenvalue weighted by molar-refractivity contribution is 0.630. The van der Waals surface area contributed by atoms with Crippen LogP contribution in [0.4, 0.5) is 10.2 Å². The van der Waals surface area contributed by atoms with Crippen molar-refractivity contribution >= 4 is 23.9 Å². The average Bonchev–Trinajstić information content (AvgIpc) is 3.16. The van der Waals surface area contributed by atoms with Gasteiger partial charge in [-0.1, -0.05) is 12.1 Å². The van der Waals surface area contributed by atoms with Gasteiger partial charge in [-0.05, 0) is 31.4 Å². The number of aromatic nitrogens is 3. The minimum atomic E-state index is -0.280. The molecular formula is C17H19ClFN5. The molecule has 126 valence electrons. The van der Waals surface area contributed by atoms with E-state index >= 15 is 0 Å². The molecule has 1 aromatic carbocycles. The molecule has 3 aromatic rings. The van der Waals surface area contributed by atoms with Crippen molar-refractivity contribution in [2.24, 2.45) is 5.73 Å². The molecule has 0 bridgehead atoms. The quantitative estimate of drug-likeness (QED) is 0.763. The number of fused-ring (bicyclic) bond motifs is 1. The second-order valence-corrected chi connectivity index (χ2v) is 6.02. The Morgan fingerprint density at radius 3 is 2.79 bits per heavy atom. The van der Waals surface area contributed by atoms with Crippen molar-refractivity contribution in [2.45, 2.75) is 31.3 Å². The van der Waals surface area contributed by atoms with Crippen molar-refractivity contribution in [3.8, 4) is 11.3 Å². The van der Waals surface area contributed by atoms with Gasteiger partial charge < -0.3 is 11.1 Å². The maximum absolute atomic E-state index is 14.1. The third kappa shape index (κ3) is 3.07. The number of benzene rings is 1. The lowest BCUT2D eigenvalue weighted by atomic mass is 10.1. The minimum absolute atomic E-state index is 0. The van der Waals surface area contributed by atoms with E-state index in [-0.39, 0.29) is 24.3 Å². The van der Waals surface area contributed by atoms with Gasteiger partial charge in [0.25, 0.3) is 0 Å². The summed E-state index contributed by atoms with van der Waals surface area (Å²) in [6.45, 7) is 0. The Bertz CT molecular complexity index is 850. The first-order valence-electron chi connectivity index (χ1n) is 7.82. The lowest BCUT2D eigenvalue weighted by Crippen LogP contribution is -2.22. The van der Waals surface area contributed by atoms with E-state index in [1.54, 1.807) is 22.8 Å². The number of nitrogens with two attached hydrogens (primary N) is 1. The molecule has 0 saturated heterocycles. The summed E-state index contributed by atoms with van der Waals surface area (Å²) < 4.78 is 15.8. The summed E-state index contributed by atoms with van der Waals surface area (Å²) in [7, 11) is 0. The molecule has 1 fully saturated rings. The molecule has 0 radical (unpaired) electrons. The van der Waals surface area contributed by atoms with Gasteiger partial charge in [0.05, 0.1) is 11.9 Å². The summed E-state index contributed by atoms with van der Waals surface area (Å²) >= 11 is 0. The number of nitrogens with one attached hydrogen (secondary N) is 1. The van der Waals surface area contributed by atoms with Crippen LogP contribution in [0.3, 0.4) is 0 Å². The molecule has 1 aliphatic carbocycles. The largest absolute Gasteiger partial charge is 0.367 e. The molecule has 0 aliphatic heterocycles. The summed E-state index contributed by atoms with van der Waals surface area (Å²) in [6.07, 6.45) is 4.67. The van der Waals surface area contributed by atoms with Crippen LogP contribution in [0.25, 0.3) is 16.9 Å². The summed E-state index contributed by atoms with van der Waals surface area (Å²) in [5, 5.41) is 7.79. The average molecular weight is 348 g/mol. The van der Waals surface area contributed by atoms with Gasteiger partial charge in [-0.25, -0.2) is 9.37 Å². The van der Waals surface area contributed by atoms with Crippen LogP contribution >= 0.6 is 12.4 Å². The molecule has 24 heavy (non-hydrogen) atoms. The molecule has 1 aliphatic rings. The Morgan fingerprint density at radius 2 is 2.04 bits per heavy atom. The monoisotopic (exact) mass is 347 g/mol. The zero-order chi connectivity index (χ0) is 15.8. The molecule has 3 N–H and O–H groups in total. The summed E-state index contributed by atoms with van der Waals surface area (Å²) in [4.78, 5) is 4.51. The first kappa shape index (κ1) is 16.7. The van der Waals surface area contributed by atoms with Crippen LogP contribution < -0.4 is 11.1 Å². The number of hydrogen-bond donors (Lipinski definition) is 2. The van der Waals surface area contributed by atoms with Crippen molar-refractivity contribution < 1.29 is 4.39 Å². The van der Waals surface area contributed by atoms with Crippen LogP contribution in [-0.4, -0.2) is 26.7 Å². The van der Waals surface area contributed by atoms with E-state index in [0.29, 0.717) is 22.9 Å². The third-order valence-electron chi connectivity index (χ3n) is 4.33. The summed E-state index contributed by atoms with van der Waals surface area (Å²) in [6, 6.07) is 10.9. The van der Waals surface area contributed by atoms with Crippen molar-refractivity contribution in [2.75, 3.05) is 5.32 Å². The second kappa shape index (κ2) is 6.75. The number of nitrogens with zero attached hydrogens (tertiary/aromatic N) is 3. The molecule has 5 nitrogen and oxygen atoms in total. The van der Waals surface area contributed by atoms with Gasteiger partial charge in [-0.2, -0.15) is 9.61 Å². The zero-order valence-electron chi connectivity index (χ0n) is 13.0. The van der Waals surface area contributed by atoms with E-state index in [9.17, 15) is 4.39 Å². The first-order valence-corrected chi connectivity index (χ1v) is 7.82. The van der Waals surface area contributed by atoms with Gasteiger partial charge in [0.1, 0.15) is 11.6 Å². The number of anilines is 1. The van der Waals surface area contributed by atoms with Crippen LogP contribution in [0.2, 0.25) is 0 Å². The van der Waals surface area contributed by atoms with Gasteiger partial charge in [0.2, 0.25) is 0 Å². The Hall–Kier alpha value is -2.18. The van der Waals surface area contributed by atoms with E-state index in [1.807, 2.05) is 18.2 Å². The summed E-state index contributed by atoms with van der Waals surface area (Å²) in [5.41, 5.74) is 7.76. The smallest absolute Gasteiger partial charge is 0.157 e. The topological polar surface area (TPSA) is 68.2 Å². The molecule has 2 atom stereocenters. The maximum atomic E-state index is 14.1. The first-order chi connectivity index (χ1) is 11.2. The van der Waals surface area contributed by atoms with Crippen LogP contribution in [0.5, 0.6) is 0 Å². The lowest BCUT2D eigenvalue weighted by Gasteiger charge is -2.16. The molecule has 2 aromatic heterocycles. The third-order valence-corrected chi connectivity index (χ3v) is 4.33. The van der Waals surface area contributed by atoms with Gasteiger partial charge in [0.15, 0.2) is 5.65 Å². The normalized spacial score (nSPS) is 20.1. The van der Waals surface area contributed by atoms with Gasteiger partial charge in [-0.3, -0.25) is 0 Å². The zero-order valence-corrected chi connectivity index (χ0v) is 13.8. The van der Waals surface area contributed by atoms with E-state index in [1.165, 1.54) is 6.07 Å². The molecule has 7 heteroatoms. The molecule has 0 amide bonds. The molecule has 0 spiro atoms. The Labute approximate surface area is 145 Å². The van der Waals surface area contributed by atoms with Crippen molar-refractivity contribution in [1.82, 2.24) is 14.6 Å². The predicted octanol–water partition coefficient (Wildman–Crippen LogP) is 3.25. The molecule has 4 rings (SSSR count). The van der Waals surface area contributed by atoms with E-state index in [4.69, 9.17) is 5.73 Å². The molecular weight excluding hydrogens is 329 g/mol. The Morgan fingerprint density at radius 1 is 1.21 bits per heavy atom. The highest BCUT2D eigenvalue weighted by Crippen LogP contribution is 2.27. The van der Waals surface area contributed by atoms with Gasteiger partial charge in [-0.15, -0.1) is 12.4 Å². The highest BCUT2D eigenvalue weighted by Gasteiger charge is 2.22. The minimum Gasteiger partial charge on any atom is -0.367 e. The SMILES string of the molecule is Cl.N[C@@H]1CC[C@@H](Nc2cc(-c3ccccc3F)nc3ccnn23)C1. The van der Waals surface area contributed by atoms with Crippen LogP contribution in [0, 0.1) is 5.82 Å². The van der Waals surface area contributed by atoms with Crippen LogP contribution in [0.1, 0.15) is 19.3 Å². The highest BCUT2D eigenvalue weighted by atomic mass is 35.5. The standard InChI is InChI=1S/C17H18FN5.ClH/c18-14-4-2-1-3-13(14)15-10-17(21-12-6-5-11(19)9-12)23-16(22-15)7-8-20-23;/h1-4,7-8,10-12,21H,5-6,9,19H2;1H/t11-,12-;/m1./s1. The van der Waals surface area contributed by atoms with E-state index in [2.05, 4.69) is 15.4 Å². The van der Waals surface area contributed by atoms with Crippen molar-refractivity contribution in [3.05, 3.63) is 48.4 Å². The fourth-order valence-corrected chi connectivity index (χ4v) is 3.18.